The van der Waals surface area contributed by atoms with Gasteiger partial charge in [-0.2, -0.15) is 5.26 Å². The number of aliphatic hydroxyl groups excluding tert-OH is 1. The zero-order valence-corrected chi connectivity index (χ0v) is 11.9. The molecule has 0 radical (unpaired) electrons. The lowest BCUT2D eigenvalue weighted by molar-refractivity contribution is -0.128. The number of hydrogen-bond donors (Lipinski definition) is 3. The van der Waals surface area contributed by atoms with Crippen LogP contribution in [0.1, 0.15) is 6.92 Å². The minimum Gasteiger partial charge on any atom is -0.392 e. The van der Waals surface area contributed by atoms with Gasteiger partial charge in [0.15, 0.2) is 0 Å². The predicted molar refractivity (Wildman–Crippen MR) is 75.5 cm³/mol. The number of rotatable bonds is 6. The third kappa shape index (κ3) is 5.17. The molecule has 0 spiro atoms. The van der Waals surface area contributed by atoms with Gasteiger partial charge in [-0.05, 0) is 6.92 Å². The largest absolute Gasteiger partial charge is 0.392 e. The lowest BCUT2D eigenvalue weighted by Crippen LogP contribution is -2.50. The van der Waals surface area contributed by atoms with Crippen molar-refractivity contribution in [2.24, 2.45) is 5.73 Å². The van der Waals surface area contributed by atoms with Crippen molar-refractivity contribution in [3.63, 3.8) is 0 Å². The molecule has 1 aliphatic heterocycles. The molecule has 1 saturated heterocycles. The van der Waals surface area contributed by atoms with E-state index in [-0.39, 0.29) is 11.5 Å². The van der Waals surface area contributed by atoms with Crippen LogP contribution in [0.3, 0.4) is 0 Å². The zero-order valence-electron chi connectivity index (χ0n) is 11.9. The molecule has 1 amide bonds. The fourth-order valence-corrected chi connectivity index (χ4v) is 2.00. The minimum absolute atomic E-state index is 0.0675. The summed E-state index contributed by atoms with van der Waals surface area (Å²) in [5.41, 5.74) is 5.57. The van der Waals surface area contributed by atoms with Gasteiger partial charge < -0.3 is 21.1 Å². The molecule has 112 valence electrons. The lowest BCUT2D eigenvalue weighted by atomic mass is 10.2. The summed E-state index contributed by atoms with van der Waals surface area (Å²) in [6.07, 6.45) is 0.850. The van der Waals surface area contributed by atoms with E-state index >= 15 is 0 Å². The van der Waals surface area contributed by atoms with Crippen LogP contribution >= 0.6 is 0 Å². The summed E-state index contributed by atoms with van der Waals surface area (Å²) in [4.78, 5) is 16.0. The van der Waals surface area contributed by atoms with Crippen molar-refractivity contribution in [2.45, 2.75) is 13.0 Å². The third-order valence-corrected chi connectivity index (χ3v) is 3.12. The van der Waals surface area contributed by atoms with Crippen LogP contribution < -0.4 is 11.1 Å². The van der Waals surface area contributed by atoms with Crippen LogP contribution in [-0.4, -0.2) is 72.7 Å². The Morgan fingerprint density at radius 3 is 2.65 bits per heavy atom. The van der Waals surface area contributed by atoms with Gasteiger partial charge in [0.25, 0.3) is 5.91 Å². The first-order chi connectivity index (χ1) is 9.58. The molecule has 7 nitrogen and oxygen atoms in total. The molecule has 1 fully saturated rings. The molecular weight excluding hydrogens is 258 g/mol. The van der Waals surface area contributed by atoms with E-state index in [2.05, 4.69) is 10.2 Å². The van der Waals surface area contributed by atoms with Gasteiger partial charge in [-0.3, -0.25) is 9.69 Å². The molecule has 0 aromatic carbocycles. The van der Waals surface area contributed by atoms with Gasteiger partial charge in [0.2, 0.25) is 0 Å². The van der Waals surface area contributed by atoms with Crippen LogP contribution in [0, 0.1) is 11.3 Å². The summed E-state index contributed by atoms with van der Waals surface area (Å²) < 4.78 is 0. The Kier molecular flexibility index (Phi) is 7.01. The van der Waals surface area contributed by atoms with Gasteiger partial charge in [-0.15, -0.1) is 0 Å². The van der Waals surface area contributed by atoms with Crippen LogP contribution in [0.2, 0.25) is 0 Å². The maximum Gasteiger partial charge on any atom is 0.266 e. The monoisotopic (exact) mass is 281 g/mol. The van der Waals surface area contributed by atoms with Gasteiger partial charge in [0, 0.05) is 52.0 Å². The van der Waals surface area contributed by atoms with Gasteiger partial charge >= 0.3 is 0 Å². The van der Waals surface area contributed by atoms with E-state index in [1.807, 2.05) is 6.07 Å². The number of piperazine rings is 1. The topological polar surface area (TPSA) is 106 Å². The summed E-state index contributed by atoms with van der Waals surface area (Å²) in [7, 11) is 0. The number of hydrogen-bond acceptors (Lipinski definition) is 6. The highest BCUT2D eigenvalue weighted by Gasteiger charge is 2.23. The summed E-state index contributed by atoms with van der Waals surface area (Å²) in [6, 6.07) is 1.90. The summed E-state index contributed by atoms with van der Waals surface area (Å²) in [5.74, 6) is -0.266. The Hall–Kier alpha value is -1.62. The standard InChI is InChI=1S/C13H23N5O2/c1-11(19)9-16-10-12(8-15)13(20)18-6-4-17(3-2-14)5-7-18/h10-11,16,19H,2-7,9,14H2,1H3/b12-10-. The Morgan fingerprint density at radius 1 is 1.50 bits per heavy atom. The Morgan fingerprint density at radius 2 is 2.15 bits per heavy atom. The first-order valence-corrected chi connectivity index (χ1v) is 6.82. The molecule has 0 aromatic heterocycles. The van der Waals surface area contributed by atoms with E-state index in [1.165, 1.54) is 6.20 Å². The highest BCUT2D eigenvalue weighted by Crippen LogP contribution is 2.06. The van der Waals surface area contributed by atoms with Crippen molar-refractivity contribution < 1.29 is 9.90 Å². The van der Waals surface area contributed by atoms with Crippen molar-refractivity contribution in [1.82, 2.24) is 15.1 Å². The smallest absolute Gasteiger partial charge is 0.266 e. The summed E-state index contributed by atoms with van der Waals surface area (Å²) in [6.45, 7) is 6.15. The van der Waals surface area contributed by atoms with Crippen molar-refractivity contribution in [1.29, 1.82) is 5.26 Å². The lowest BCUT2D eigenvalue weighted by Gasteiger charge is -2.34. The van der Waals surface area contributed by atoms with Gasteiger partial charge in [-0.25, -0.2) is 0 Å². The molecule has 0 aliphatic carbocycles. The number of nitriles is 1. The molecule has 0 saturated carbocycles. The summed E-state index contributed by atoms with van der Waals surface area (Å²) >= 11 is 0. The molecule has 1 heterocycles. The third-order valence-electron chi connectivity index (χ3n) is 3.12. The van der Waals surface area contributed by atoms with Crippen molar-refractivity contribution in [3.8, 4) is 6.07 Å². The van der Waals surface area contributed by atoms with E-state index in [1.54, 1.807) is 11.8 Å². The van der Waals surface area contributed by atoms with Crippen LogP contribution in [-0.2, 0) is 4.79 Å². The van der Waals surface area contributed by atoms with Crippen LogP contribution in [0.5, 0.6) is 0 Å². The van der Waals surface area contributed by atoms with E-state index in [0.717, 1.165) is 19.6 Å². The second-order valence-electron chi connectivity index (χ2n) is 4.85. The fourth-order valence-electron chi connectivity index (χ4n) is 2.00. The fraction of sp³-hybridized carbons (Fsp3) is 0.692. The highest BCUT2D eigenvalue weighted by molar-refractivity contribution is 5.97. The molecular formula is C13H23N5O2. The zero-order chi connectivity index (χ0) is 15.0. The Labute approximate surface area is 119 Å². The molecule has 1 aliphatic rings. The molecule has 1 unspecified atom stereocenters. The maximum absolute atomic E-state index is 12.2. The minimum atomic E-state index is -0.527. The van der Waals surface area contributed by atoms with E-state index in [9.17, 15) is 4.79 Å². The molecule has 0 aromatic rings. The van der Waals surface area contributed by atoms with Gasteiger partial charge in [-0.1, -0.05) is 0 Å². The van der Waals surface area contributed by atoms with Crippen molar-refractivity contribution >= 4 is 5.91 Å². The maximum atomic E-state index is 12.2. The first kappa shape index (κ1) is 16.4. The van der Waals surface area contributed by atoms with Gasteiger partial charge in [0.1, 0.15) is 11.6 Å². The molecule has 20 heavy (non-hydrogen) atoms. The average molecular weight is 281 g/mol. The van der Waals surface area contributed by atoms with E-state index in [0.29, 0.717) is 26.2 Å². The number of nitrogens with zero attached hydrogens (tertiary/aromatic N) is 3. The predicted octanol–water partition coefficient (Wildman–Crippen LogP) is -1.53. The van der Waals surface area contributed by atoms with E-state index < -0.39 is 6.10 Å². The summed E-state index contributed by atoms with van der Waals surface area (Å²) in [5, 5.41) is 20.9. The Balaban J connectivity index is 2.50. The van der Waals surface area contributed by atoms with Crippen LogP contribution in [0.15, 0.2) is 11.8 Å². The average Bonchev–Trinajstić information content (AvgIpc) is 2.44. The number of aliphatic hydroxyl groups is 1. The van der Waals surface area contributed by atoms with Crippen molar-refractivity contribution in [2.75, 3.05) is 45.8 Å². The van der Waals surface area contributed by atoms with Gasteiger partial charge in [0.05, 0.1) is 6.10 Å². The highest BCUT2D eigenvalue weighted by atomic mass is 16.3. The van der Waals surface area contributed by atoms with Crippen molar-refractivity contribution in [3.05, 3.63) is 11.8 Å². The quantitative estimate of drug-likeness (QED) is 0.403. The molecule has 0 bridgehead atoms. The molecule has 1 atom stereocenters. The molecule has 4 N–H and O–H groups in total. The number of nitrogens with one attached hydrogen (secondary N) is 1. The second kappa shape index (κ2) is 8.53. The van der Waals surface area contributed by atoms with Crippen LogP contribution in [0.4, 0.5) is 0 Å². The normalized spacial score (nSPS) is 18.5. The number of carbonyl (C=O) groups is 1. The SMILES string of the molecule is CC(O)CN/C=C(/C#N)C(=O)N1CCN(CCN)CC1. The number of amides is 1. The van der Waals surface area contributed by atoms with E-state index in [4.69, 9.17) is 16.1 Å². The Bertz CT molecular complexity index is 381. The second-order valence-corrected chi connectivity index (χ2v) is 4.85. The first-order valence-electron chi connectivity index (χ1n) is 6.82. The molecule has 7 heteroatoms. The van der Waals surface area contributed by atoms with Crippen LogP contribution in [0.25, 0.3) is 0 Å². The number of carbonyl (C=O) groups excluding carboxylic acids is 1. The molecule has 1 rings (SSSR count). The number of nitrogens with two attached hydrogens (primary N) is 1.